The smallest absolute Gasteiger partial charge is 0.341 e. The highest BCUT2D eigenvalue weighted by molar-refractivity contribution is 7.98. The van der Waals surface area contributed by atoms with Crippen molar-refractivity contribution in [3.05, 3.63) is 95.8 Å². The van der Waals surface area contributed by atoms with Gasteiger partial charge in [0.15, 0.2) is 0 Å². The number of amides is 1. The molecule has 0 unspecified atom stereocenters. The van der Waals surface area contributed by atoms with Gasteiger partial charge in [-0.05, 0) is 73.9 Å². The molecule has 2 atom stereocenters. The molecule has 4 aromatic rings. The molecule has 242 valence electrons. The van der Waals surface area contributed by atoms with Crippen LogP contribution in [0.5, 0.6) is 23.3 Å². The molecule has 1 aliphatic carbocycles. The van der Waals surface area contributed by atoms with Crippen LogP contribution in [0.25, 0.3) is 0 Å². The van der Waals surface area contributed by atoms with E-state index in [1.807, 2.05) is 36.8 Å². The summed E-state index contributed by atoms with van der Waals surface area (Å²) in [4.78, 5) is 33.4. The fraction of sp³-hybridized carbons (Fsp3) is 0.273. The minimum atomic E-state index is -1.29. The molecule has 9 nitrogen and oxygen atoms in total. The lowest BCUT2D eigenvalue weighted by molar-refractivity contribution is 0.0692. The molecule has 1 fully saturated rings. The van der Waals surface area contributed by atoms with Crippen LogP contribution >= 0.6 is 23.5 Å². The van der Waals surface area contributed by atoms with Crippen molar-refractivity contribution in [2.75, 3.05) is 19.1 Å². The monoisotopic (exact) mass is 669 g/mol. The van der Waals surface area contributed by atoms with E-state index in [-0.39, 0.29) is 41.5 Å². The van der Waals surface area contributed by atoms with Crippen LogP contribution in [0.2, 0.25) is 0 Å². The fourth-order valence-corrected chi connectivity index (χ4v) is 5.64. The SMILES string of the molecule is CSc1cccc(Oc2ncc(F)cc2C(=O)N[C@H]2CCCC[C@@H]2CO)c1.CSc1cccc(Oc2ncc(F)cc2C(=O)O)c1. The van der Waals surface area contributed by atoms with Crippen molar-refractivity contribution in [2.45, 2.75) is 41.5 Å². The highest BCUT2D eigenvalue weighted by atomic mass is 32.2. The van der Waals surface area contributed by atoms with Crippen molar-refractivity contribution in [1.29, 1.82) is 0 Å². The molecule has 0 bridgehead atoms. The number of thioether (sulfide) groups is 2. The zero-order chi connectivity index (χ0) is 33.1. The first kappa shape index (κ1) is 34.7. The van der Waals surface area contributed by atoms with Gasteiger partial charge in [-0.15, -0.1) is 23.5 Å². The lowest BCUT2D eigenvalue weighted by Crippen LogP contribution is -2.43. The van der Waals surface area contributed by atoms with Crippen LogP contribution in [0.4, 0.5) is 8.78 Å². The van der Waals surface area contributed by atoms with Crippen molar-refractivity contribution in [2.24, 2.45) is 5.92 Å². The normalized spacial score (nSPS) is 15.7. The van der Waals surface area contributed by atoms with E-state index < -0.39 is 23.5 Å². The van der Waals surface area contributed by atoms with E-state index in [1.54, 1.807) is 36.0 Å². The van der Waals surface area contributed by atoms with E-state index in [4.69, 9.17) is 14.6 Å². The summed E-state index contributed by atoms with van der Waals surface area (Å²) in [7, 11) is 0. The van der Waals surface area contributed by atoms with E-state index in [2.05, 4.69) is 15.3 Å². The molecule has 1 amide bonds. The van der Waals surface area contributed by atoms with Crippen LogP contribution < -0.4 is 14.8 Å². The minimum absolute atomic E-state index is 0.0202. The maximum absolute atomic E-state index is 13.7. The number of halogens is 2. The third-order valence-corrected chi connectivity index (χ3v) is 8.53. The number of nitrogens with zero attached hydrogens (tertiary/aromatic N) is 2. The standard InChI is InChI=1S/C20H23FN2O3S.C13H10FNO3S/c1-27-16-7-4-6-15(10-16)26-20-17(9-14(21)11-22-20)19(25)23-18-8-3-2-5-13(18)12-24;1-19-10-4-2-3-9(6-10)18-12-11(13(16)17)5-8(14)7-15-12/h4,6-7,9-11,13,18,24H,2-3,5,8,12H2,1H3,(H,23,25);2-7H,1H3,(H,16,17)/t13-,18+;/m1./s1. The first-order chi connectivity index (χ1) is 22.2. The molecule has 0 saturated heterocycles. The number of aliphatic hydroxyl groups excluding tert-OH is 1. The molecule has 0 radical (unpaired) electrons. The molecule has 13 heteroatoms. The van der Waals surface area contributed by atoms with Gasteiger partial charge < -0.3 is 25.0 Å². The van der Waals surface area contributed by atoms with Crippen LogP contribution in [0, 0.1) is 17.6 Å². The molecule has 2 aromatic carbocycles. The summed E-state index contributed by atoms with van der Waals surface area (Å²) in [6.07, 6.45) is 9.52. The van der Waals surface area contributed by atoms with Crippen molar-refractivity contribution in [1.82, 2.24) is 15.3 Å². The Morgan fingerprint density at radius 2 is 1.37 bits per heavy atom. The predicted molar refractivity (Wildman–Crippen MR) is 172 cm³/mol. The van der Waals surface area contributed by atoms with Crippen molar-refractivity contribution in [3.8, 4) is 23.3 Å². The summed E-state index contributed by atoms with van der Waals surface area (Å²) < 4.78 is 37.9. The molecule has 2 aromatic heterocycles. The highest BCUT2D eigenvalue weighted by Crippen LogP contribution is 2.29. The second kappa shape index (κ2) is 16.9. The maximum atomic E-state index is 13.7. The van der Waals surface area contributed by atoms with E-state index in [1.165, 1.54) is 11.8 Å². The van der Waals surface area contributed by atoms with Gasteiger partial charge in [0.1, 0.15) is 34.3 Å². The Bertz CT molecular complexity index is 1660. The number of aliphatic hydroxyl groups is 1. The summed E-state index contributed by atoms with van der Waals surface area (Å²) in [5.74, 6) is -2.13. The zero-order valence-electron chi connectivity index (χ0n) is 25.1. The van der Waals surface area contributed by atoms with Crippen molar-refractivity contribution < 1.29 is 38.1 Å². The number of hydrogen-bond donors (Lipinski definition) is 3. The van der Waals surface area contributed by atoms with E-state index in [0.29, 0.717) is 11.5 Å². The number of pyridine rings is 2. The number of aromatic nitrogens is 2. The highest BCUT2D eigenvalue weighted by Gasteiger charge is 2.28. The number of carbonyl (C=O) groups excluding carboxylic acids is 1. The number of carbonyl (C=O) groups is 2. The van der Waals surface area contributed by atoms with E-state index in [9.17, 15) is 23.5 Å². The second-order valence-corrected chi connectivity index (χ2v) is 11.9. The summed E-state index contributed by atoms with van der Waals surface area (Å²) in [5, 5.41) is 21.4. The average molecular weight is 670 g/mol. The van der Waals surface area contributed by atoms with Gasteiger partial charge in [-0.2, -0.15) is 0 Å². The summed E-state index contributed by atoms with van der Waals surface area (Å²) in [5.41, 5.74) is -0.263. The molecule has 46 heavy (non-hydrogen) atoms. The number of carboxylic acid groups (broad SMARTS) is 1. The summed E-state index contributed by atoms with van der Waals surface area (Å²) >= 11 is 3.10. The van der Waals surface area contributed by atoms with Gasteiger partial charge in [0.2, 0.25) is 11.8 Å². The van der Waals surface area contributed by atoms with Gasteiger partial charge in [-0.1, -0.05) is 25.0 Å². The summed E-state index contributed by atoms with van der Waals surface area (Å²) in [6, 6.07) is 16.4. The average Bonchev–Trinajstić information content (AvgIpc) is 3.07. The van der Waals surface area contributed by atoms with Crippen LogP contribution in [-0.2, 0) is 0 Å². The number of aromatic carboxylic acids is 1. The number of carboxylic acids is 1. The minimum Gasteiger partial charge on any atom is -0.477 e. The number of hydrogen-bond acceptors (Lipinski definition) is 9. The Balaban J connectivity index is 0.000000222. The first-order valence-corrected chi connectivity index (χ1v) is 16.8. The van der Waals surface area contributed by atoms with Gasteiger partial charge in [0.05, 0.1) is 12.4 Å². The Kier molecular flexibility index (Phi) is 12.8. The van der Waals surface area contributed by atoms with E-state index in [0.717, 1.165) is 60.0 Å². The predicted octanol–water partition coefficient (Wildman–Crippen LogP) is 7.45. The van der Waals surface area contributed by atoms with E-state index >= 15 is 0 Å². The third-order valence-electron chi connectivity index (χ3n) is 7.08. The Hall–Kier alpha value is -4.20. The number of benzene rings is 2. The van der Waals surface area contributed by atoms with Gasteiger partial charge in [-0.25, -0.2) is 23.5 Å². The van der Waals surface area contributed by atoms with Gasteiger partial charge in [-0.3, -0.25) is 4.79 Å². The van der Waals surface area contributed by atoms with Crippen molar-refractivity contribution in [3.63, 3.8) is 0 Å². The third kappa shape index (κ3) is 9.65. The topological polar surface area (TPSA) is 131 Å². The molecular weight excluding hydrogens is 637 g/mol. The Labute approximate surface area is 273 Å². The largest absolute Gasteiger partial charge is 0.477 e. The number of ether oxygens (including phenoxy) is 2. The van der Waals surface area contributed by atoms with Crippen LogP contribution in [0.3, 0.4) is 0 Å². The van der Waals surface area contributed by atoms with Gasteiger partial charge in [0, 0.05) is 28.4 Å². The first-order valence-electron chi connectivity index (χ1n) is 14.3. The van der Waals surface area contributed by atoms with Crippen LogP contribution in [0.15, 0.2) is 82.8 Å². The zero-order valence-corrected chi connectivity index (χ0v) is 26.7. The van der Waals surface area contributed by atoms with Crippen LogP contribution in [0.1, 0.15) is 46.4 Å². The fourth-order valence-electron chi connectivity index (χ4n) is 4.75. The lowest BCUT2D eigenvalue weighted by atomic mass is 9.85. The molecule has 1 aliphatic rings. The van der Waals surface area contributed by atoms with Gasteiger partial charge >= 0.3 is 5.97 Å². The molecule has 5 rings (SSSR count). The quantitative estimate of drug-likeness (QED) is 0.146. The Morgan fingerprint density at radius 3 is 1.89 bits per heavy atom. The molecule has 3 N–H and O–H groups in total. The molecule has 2 heterocycles. The summed E-state index contributed by atoms with van der Waals surface area (Å²) in [6.45, 7) is 0.0250. The number of nitrogens with one attached hydrogen (secondary N) is 1. The maximum Gasteiger partial charge on any atom is 0.341 e. The molecule has 1 saturated carbocycles. The molecule has 0 aliphatic heterocycles. The second-order valence-electron chi connectivity index (χ2n) is 10.2. The molecule has 0 spiro atoms. The van der Waals surface area contributed by atoms with Crippen molar-refractivity contribution >= 4 is 35.4 Å². The Morgan fingerprint density at radius 1 is 0.848 bits per heavy atom. The van der Waals surface area contributed by atoms with Crippen LogP contribution in [-0.4, -0.2) is 57.2 Å². The number of rotatable bonds is 10. The van der Waals surface area contributed by atoms with Gasteiger partial charge in [0.25, 0.3) is 5.91 Å². The lowest BCUT2D eigenvalue weighted by Gasteiger charge is -2.30. The molecular formula is C33H33F2N3O6S2.